The Morgan fingerprint density at radius 3 is 2.58 bits per heavy atom. The van der Waals surface area contributed by atoms with Gasteiger partial charge in [-0.1, -0.05) is 36.4 Å². The lowest BCUT2D eigenvalue weighted by molar-refractivity contribution is 0.116. The van der Waals surface area contributed by atoms with Crippen LogP contribution in [0.3, 0.4) is 0 Å². The Morgan fingerprint density at radius 2 is 1.86 bits per heavy atom. The highest BCUT2D eigenvalue weighted by molar-refractivity contribution is 5.92. The van der Waals surface area contributed by atoms with E-state index in [1.165, 1.54) is 0 Å². The fourth-order valence-electron chi connectivity index (χ4n) is 4.13. The zero-order valence-electron chi connectivity index (χ0n) is 21.4. The van der Waals surface area contributed by atoms with Crippen LogP contribution < -0.4 is 15.0 Å². The lowest BCUT2D eigenvalue weighted by Gasteiger charge is -2.20. The largest absolute Gasteiger partial charge is 0.486 e. The van der Waals surface area contributed by atoms with E-state index in [4.69, 9.17) is 14.6 Å². The van der Waals surface area contributed by atoms with Crippen LogP contribution in [0.2, 0.25) is 0 Å². The van der Waals surface area contributed by atoms with Gasteiger partial charge in [0.15, 0.2) is 5.82 Å². The number of hydrogen-bond acceptors (Lipinski definition) is 7. The molecule has 1 unspecified atom stereocenters. The smallest absolute Gasteiger partial charge is 0.407 e. The Hall–Kier alpha value is -4.14. The number of carbonyl (C=O) groups excluding carboxylic acids is 1. The quantitative estimate of drug-likeness (QED) is 0.363. The van der Waals surface area contributed by atoms with Crippen molar-refractivity contribution < 1.29 is 14.3 Å². The molecule has 0 saturated heterocycles. The van der Waals surface area contributed by atoms with Crippen molar-refractivity contribution >= 4 is 22.8 Å². The van der Waals surface area contributed by atoms with Gasteiger partial charge in [0.1, 0.15) is 17.4 Å². The second-order valence-electron chi connectivity index (χ2n) is 8.69. The highest BCUT2D eigenvalue weighted by Crippen LogP contribution is 2.31. The van der Waals surface area contributed by atoms with Crippen LogP contribution in [0.1, 0.15) is 36.4 Å². The zero-order chi connectivity index (χ0) is 25.7. The third-order valence-electron chi connectivity index (χ3n) is 5.85. The van der Waals surface area contributed by atoms with Crippen LogP contribution in [0.5, 0.6) is 5.75 Å². The number of benzene rings is 2. The van der Waals surface area contributed by atoms with Gasteiger partial charge in [-0.15, -0.1) is 5.10 Å². The molecule has 2 aromatic heterocycles. The Bertz CT molecular complexity index is 1340. The monoisotopic (exact) mass is 488 g/mol. The number of anilines is 1. The maximum absolute atomic E-state index is 11.7. The first-order valence-corrected chi connectivity index (χ1v) is 12.0. The average Bonchev–Trinajstić information content (AvgIpc) is 3.22. The van der Waals surface area contributed by atoms with Gasteiger partial charge in [0, 0.05) is 33.1 Å². The van der Waals surface area contributed by atoms with Gasteiger partial charge < -0.3 is 19.7 Å². The number of amides is 1. The Kier molecular flexibility index (Phi) is 7.68. The summed E-state index contributed by atoms with van der Waals surface area (Å²) < 4.78 is 13.6. The second-order valence-corrected chi connectivity index (χ2v) is 8.69. The molecular formula is C27H32N6O3. The molecular weight excluding hydrogens is 456 g/mol. The van der Waals surface area contributed by atoms with Gasteiger partial charge in [-0.05, 0) is 38.5 Å². The summed E-state index contributed by atoms with van der Waals surface area (Å²) in [5.74, 6) is 1.42. The molecule has 1 atom stereocenters. The summed E-state index contributed by atoms with van der Waals surface area (Å²) in [5, 5.41) is 17.2. The van der Waals surface area contributed by atoms with Crippen molar-refractivity contribution in [1.29, 1.82) is 0 Å². The number of alkyl carbamates (subject to hydrolysis) is 1. The molecule has 0 aliphatic carbocycles. The minimum atomic E-state index is -0.427. The number of hydrogen-bond donors (Lipinski definition) is 1. The highest BCUT2D eigenvalue weighted by atomic mass is 16.5. The van der Waals surface area contributed by atoms with Crippen molar-refractivity contribution in [2.45, 2.75) is 33.3 Å². The molecule has 4 aromatic rings. The molecule has 0 radical (unpaired) electrons. The first-order valence-electron chi connectivity index (χ1n) is 12.0. The van der Waals surface area contributed by atoms with Crippen LogP contribution in [0.15, 0.2) is 54.6 Å². The first kappa shape index (κ1) is 25.0. The number of fused-ring (bicyclic) bond motifs is 1. The van der Waals surface area contributed by atoms with E-state index < -0.39 is 6.09 Å². The van der Waals surface area contributed by atoms with E-state index in [1.807, 2.05) is 99.0 Å². The predicted octanol–water partition coefficient (Wildman–Crippen LogP) is 4.75. The van der Waals surface area contributed by atoms with Gasteiger partial charge in [0.2, 0.25) is 0 Å². The number of aromatic nitrogens is 4. The molecule has 0 aliphatic rings. The molecule has 4 rings (SSSR count). The number of ether oxygens (including phenoxy) is 2. The summed E-state index contributed by atoms with van der Waals surface area (Å²) in [6.07, 6.45) is -0.202. The molecule has 0 saturated carbocycles. The van der Waals surface area contributed by atoms with Crippen LogP contribution in [0.4, 0.5) is 10.6 Å². The highest BCUT2D eigenvalue weighted by Gasteiger charge is 2.19. The number of rotatable bonds is 9. The maximum atomic E-state index is 11.7. The van der Waals surface area contributed by atoms with E-state index in [-0.39, 0.29) is 12.7 Å². The minimum Gasteiger partial charge on any atom is -0.486 e. The summed E-state index contributed by atoms with van der Waals surface area (Å²) in [4.78, 5) is 13.6. The molecule has 36 heavy (non-hydrogen) atoms. The molecule has 1 N–H and O–H groups in total. The van der Waals surface area contributed by atoms with Gasteiger partial charge >= 0.3 is 6.09 Å². The van der Waals surface area contributed by atoms with Crippen molar-refractivity contribution in [3.8, 4) is 11.4 Å². The molecule has 188 valence electrons. The SMILES string of the molecule is CCNC(=O)OCCC(Oc1cccc(-n2nc3c(N(C)C)nnc(C)c3c2C)c1)c1ccccc1. The molecule has 0 fully saturated rings. The maximum Gasteiger partial charge on any atom is 0.407 e. The molecule has 9 heteroatoms. The molecule has 0 aliphatic heterocycles. The normalized spacial score (nSPS) is 11.8. The van der Waals surface area contributed by atoms with E-state index in [2.05, 4.69) is 15.5 Å². The second kappa shape index (κ2) is 11.1. The Labute approximate surface area is 211 Å². The number of aryl methyl sites for hydroxylation is 2. The van der Waals surface area contributed by atoms with Gasteiger partial charge in [-0.2, -0.15) is 10.2 Å². The van der Waals surface area contributed by atoms with Gasteiger partial charge in [-0.25, -0.2) is 9.48 Å². The lowest BCUT2D eigenvalue weighted by atomic mass is 10.1. The summed E-state index contributed by atoms with van der Waals surface area (Å²) in [6, 6.07) is 17.7. The lowest BCUT2D eigenvalue weighted by Crippen LogP contribution is -2.24. The van der Waals surface area contributed by atoms with Crippen molar-refractivity contribution in [1.82, 2.24) is 25.3 Å². The minimum absolute atomic E-state index is 0.237. The van der Waals surface area contributed by atoms with Gasteiger partial charge in [0.25, 0.3) is 0 Å². The third kappa shape index (κ3) is 5.40. The van der Waals surface area contributed by atoms with Gasteiger partial charge in [-0.3, -0.25) is 0 Å². The molecule has 9 nitrogen and oxygen atoms in total. The van der Waals surface area contributed by atoms with Crippen LogP contribution in [-0.4, -0.2) is 53.3 Å². The zero-order valence-corrected chi connectivity index (χ0v) is 21.4. The summed E-state index contributed by atoms with van der Waals surface area (Å²) in [7, 11) is 3.86. The van der Waals surface area contributed by atoms with Crippen molar-refractivity contribution in [3.05, 3.63) is 71.5 Å². The molecule has 1 amide bonds. The van der Waals surface area contributed by atoms with Crippen molar-refractivity contribution in [3.63, 3.8) is 0 Å². The van der Waals surface area contributed by atoms with Crippen molar-refractivity contribution in [2.24, 2.45) is 0 Å². The van der Waals surface area contributed by atoms with Crippen LogP contribution >= 0.6 is 0 Å². The predicted molar refractivity (Wildman–Crippen MR) is 140 cm³/mol. The summed E-state index contributed by atoms with van der Waals surface area (Å²) in [6.45, 7) is 6.59. The number of nitrogens with zero attached hydrogens (tertiary/aromatic N) is 5. The van der Waals surface area contributed by atoms with Crippen LogP contribution in [0.25, 0.3) is 16.6 Å². The van der Waals surface area contributed by atoms with E-state index >= 15 is 0 Å². The summed E-state index contributed by atoms with van der Waals surface area (Å²) >= 11 is 0. The number of nitrogens with one attached hydrogen (secondary N) is 1. The van der Waals surface area contributed by atoms with E-state index in [9.17, 15) is 4.79 Å². The number of carbonyl (C=O) groups is 1. The van der Waals surface area contributed by atoms with Crippen molar-refractivity contribution in [2.75, 3.05) is 32.1 Å². The van der Waals surface area contributed by atoms with Crippen LogP contribution in [0, 0.1) is 13.8 Å². The fourth-order valence-corrected chi connectivity index (χ4v) is 4.13. The average molecular weight is 489 g/mol. The van der Waals surface area contributed by atoms with E-state index in [1.54, 1.807) is 0 Å². The molecule has 0 bridgehead atoms. The fraction of sp³-hybridized carbons (Fsp3) is 0.333. The summed E-state index contributed by atoms with van der Waals surface area (Å²) in [5.41, 5.74) is 4.50. The molecule has 2 aromatic carbocycles. The Morgan fingerprint density at radius 1 is 1.08 bits per heavy atom. The third-order valence-corrected chi connectivity index (χ3v) is 5.85. The Balaban J connectivity index is 1.63. The molecule has 0 spiro atoms. The molecule has 2 heterocycles. The van der Waals surface area contributed by atoms with E-state index in [0.29, 0.717) is 18.7 Å². The first-order chi connectivity index (χ1) is 17.4. The van der Waals surface area contributed by atoms with Crippen LogP contribution in [-0.2, 0) is 4.74 Å². The van der Waals surface area contributed by atoms with Gasteiger partial charge in [0.05, 0.1) is 29.1 Å². The standard InChI is InChI=1S/C27H32N6O3/c1-6-28-27(34)35-16-15-23(20-11-8-7-9-12-20)36-22-14-10-13-21(17-22)33-19(3)24-18(2)29-30-26(32(4)5)25(24)31-33/h7-14,17,23H,6,15-16H2,1-5H3,(H,28,34). The topological polar surface area (TPSA) is 94.4 Å². The van der Waals surface area contributed by atoms with E-state index in [0.717, 1.165) is 39.4 Å².